The van der Waals surface area contributed by atoms with E-state index in [1.807, 2.05) is 6.92 Å². The smallest absolute Gasteiger partial charge is 0.296 e. The Bertz CT molecular complexity index is 428. The van der Waals surface area contributed by atoms with Crippen LogP contribution in [0.2, 0.25) is 0 Å². The summed E-state index contributed by atoms with van der Waals surface area (Å²) in [7, 11) is -2.37. The fourth-order valence-corrected chi connectivity index (χ4v) is 1.46. The number of hydrogen-bond donors (Lipinski definition) is 0. The first kappa shape index (κ1) is 14.8. The van der Waals surface area contributed by atoms with E-state index >= 15 is 0 Å². The van der Waals surface area contributed by atoms with Crippen LogP contribution in [0.5, 0.6) is 0 Å². The molecule has 4 nitrogen and oxygen atoms in total. The molecule has 1 rings (SSSR count). The van der Waals surface area contributed by atoms with E-state index in [1.165, 1.54) is 26.0 Å². The molecule has 0 heterocycles. The molecule has 16 heavy (non-hydrogen) atoms. The first-order valence-corrected chi connectivity index (χ1v) is 6.05. The van der Waals surface area contributed by atoms with Crippen molar-refractivity contribution in [3.8, 4) is 0 Å². The van der Waals surface area contributed by atoms with Crippen LogP contribution in [0, 0.1) is 6.92 Å². The van der Waals surface area contributed by atoms with E-state index in [4.69, 9.17) is 0 Å². The fourth-order valence-electron chi connectivity index (χ4n) is 0.801. The molecule has 0 unspecified atom stereocenters. The lowest BCUT2D eigenvalue weighted by molar-refractivity contribution is -0.114. The van der Waals surface area contributed by atoms with Crippen LogP contribution in [-0.4, -0.2) is 21.3 Å². The Balaban J connectivity index is 0.000000487. The molecule has 0 amide bonds. The number of Topliss-reactive ketones (excluding diaryl/α,β-unsaturated/α-hetero) is 1. The number of carbonyl (C=O) groups is 1. The van der Waals surface area contributed by atoms with E-state index in [9.17, 15) is 13.2 Å². The van der Waals surface area contributed by atoms with E-state index in [1.54, 1.807) is 12.1 Å². The van der Waals surface area contributed by atoms with Gasteiger partial charge in [0, 0.05) is 0 Å². The zero-order valence-corrected chi connectivity index (χ0v) is 10.7. The van der Waals surface area contributed by atoms with Crippen molar-refractivity contribution in [1.82, 2.24) is 0 Å². The lowest BCUT2D eigenvalue weighted by atomic mass is 10.2. The number of ketones is 1. The van der Waals surface area contributed by atoms with Crippen molar-refractivity contribution in [2.45, 2.75) is 25.7 Å². The predicted octanol–water partition coefficient (Wildman–Crippen LogP) is 1.93. The third kappa shape index (κ3) is 5.63. The molecule has 0 fully saturated rings. The van der Waals surface area contributed by atoms with Crippen LogP contribution in [0.15, 0.2) is 29.2 Å². The van der Waals surface area contributed by atoms with Crippen LogP contribution in [0.4, 0.5) is 0 Å². The number of carbonyl (C=O) groups excluding carboxylic acids is 1. The van der Waals surface area contributed by atoms with Crippen molar-refractivity contribution >= 4 is 15.9 Å². The van der Waals surface area contributed by atoms with Gasteiger partial charge in [0.1, 0.15) is 5.78 Å². The van der Waals surface area contributed by atoms with Crippen LogP contribution in [-0.2, 0) is 19.1 Å². The quantitative estimate of drug-likeness (QED) is 0.746. The van der Waals surface area contributed by atoms with Crippen molar-refractivity contribution < 1.29 is 17.4 Å². The molecule has 0 atom stereocenters. The summed E-state index contributed by atoms with van der Waals surface area (Å²) in [5.74, 6) is 0.167. The largest absolute Gasteiger partial charge is 0.300 e. The Labute approximate surface area is 96.4 Å². The van der Waals surface area contributed by atoms with Gasteiger partial charge in [-0.3, -0.25) is 4.18 Å². The lowest BCUT2D eigenvalue weighted by Crippen LogP contribution is -2.02. The summed E-state index contributed by atoms with van der Waals surface area (Å²) in [6, 6.07) is 6.50. The molecule has 5 heteroatoms. The molecule has 0 aliphatic carbocycles. The SMILES string of the molecule is CC(C)=O.COS(=O)(=O)c1ccc(C)cc1. The summed E-state index contributed by atoms with van der Waals surface area (Å²) < 4.78 is 26.5. The third-order valence-corrected chi connectivity index (χ3v) is 2.82. The van der Waals surface area contributed by atoms with Gasteiger partial charge in [0.2, 0.25) is 0 Å². The molecule has 0 aromatic heterocycles. The summed E-state index contributed by atoms with van der Waals surface area (Å²) in [4.78, 5) is 9.63. The van der Waals surface area contributed by atoms with Gasteiger partial charge in [0.05, 0.1) is 12.0 Å². The summed E-state index contributed by atoms with van der Waals surface area (Å²) in [5.41, 5.74) is 1.02. The van der Waals surface area contributed by atoms with Gasteiger partial charge in [-0.25, -0.2) is 0 Å². The van der Waals surface area contributed by atoms with Gasteiger partial charge in [-0.05, 0) is 32.9 Å². The number of aryl methyl sites for hydroxylation is 1. The minimum absolute atomic E-state index is 0.167. The normalized spacial score (nSPS) is 10.2. The zero-order chi connectivity index (χ0) is 12.8. The third-order valence-electron chi connectivity index (χ3n) is 1.53. The minimum atomic E-state index is -3.51. The highest BCUT2D eigenvalue weighted by Gasteiger charge is 2.10. The Morgan fingerprint density at radius 2 is 1.50 bits per heavy atom. The van der Waals surface area contributed by atoms with Crippen LogP contribution < -0.4 is 0 Å². The summed E-state index contributed by atoms with van der Waals surface area (Å²) in [6.45, 7) is 4.95. The maximum Gasteiger partial charge on any atom is 0.296 e. The van der Waals surface area contributed by atoms with Gasteiger partial charge in [-0.1, -0.05) is 17.7 Å². The zero-order valence-electron chi connectivity index (χ0n) is 9.85. The van der Waals surface area contributed by atoms with Gasteiger partial charge < -0.3 is 4.79 Å². The molecule has 0 bridgehead atoms. The van der Waals surface area contributed by atoms with Gasteiger partial charge in [0.15, 0.2) is 0 Å². The molecule has 90 valence electrons. The summed E-state index contributed by atoms with van der Waals surface area (Å²) in [5, 5.41) is 0. The molecule has 0 aliphatic rings. The molecular formula is C11H16O4S. The second-order valence-corrected chi connectivity index (χ2v) is 5.06. The molecule has 1 aromatic rings. The van der Waals surface area contributed by atoms with Gasteiger partial charge >= 0.3 is 0 Å². The molecule has 0 radical (unpaired) electrons. The Hall–Kier alpha value is -1.20. The van der Waals surface area contributed by atoms with E-state index < -0.39 is 10.1 Å². The van der Waals surface area contributed by atoms with Crippen molar-refractivity contribution in [2.75, 3.05) is 7.11 Å². The summed E-state index contributed by atoms with van der Waals surface area (Å²) >= 11 is 0. The van der Waals surface area contributed by atoms with Crippen LogP contribution in [0.3, 0.4) is 0 Å². The van der Waals surface area contributed by atoms with Crippen molar-refractivity contribution in [1.29, 1.82) is 0 Å². The number of benzene rings is 1. The highest BCUT2D eigenvalue weighted by atomic mass is 32.2. The molecule has 0 N–H and O–H groups in total. The van der Waals surface area contributed by atoms with Crippen LogP contribution in [0.25, 0.3) is 0 Å². The Morgan fingerprint density at radius 1 is 1.12 bits per heavy atom. The van der Waals surface area contributed by atoms with E-state index in [0.29, 0.717) is 0 Å². The number of hydrogen-bond acceptors (Lipinski definition) is 4. The minimum Gasteiger partial charge on any atom is -0.300 e. The van der Waals surface area contributed by atoms with Crippen molar-refractivity contribution in [3.05, 3.63) is 29.8 Å². The average Bonchev–Trinajstić information content (AvgIpc) is 2.17. The second-order valence-electron chi connectivity index (χ2n) is 3.34. The molecule has 0 aliphatic heterocycles. The first-order valence-electron chi connectivity index (χ1n) is 4.64. The maximum atomic E-state index is 11.1. The van der Waals surface area contributed by atoms with Crippen LogP contribution in [0.1, 0.15) is 19.4 Å². The summed E-state index contributed by atoms with van der Waals surface area (Å²) in [6.07, 6.45) is 0. The highest BCUT2D eigenvalue weighted by Crippen LogP contribution is 2.11. The second kappa shape index (κ2) is 6.40. The molecule has 0 saturated carbocycles. The Morgan fingerprint density at radius 3 is 1.81 bits per heavy atom. The first-order chi connectivity index (χ1) is 7.29. The maximum absolute atomic E-state index is 11.1. The molecular weight excluding hydrogens is 228 g/mol. The lowest BCUT2D eigenvalue weighted by Gasteiger charge is -2.00. The highest BCUT2D eigenvalue weighted by molar-refractivity contribution is 7.86. The topological polar surface area (TPSA) is 60.4 Å². The predicted molar refractivity (Wildman–Crippen MR) is 61.7 cm³/mol. The van der Waals surface area contributed by atoms with E-state index in [2.05, 4.69) is 4.18 Å². The van der Waals surface area contributed by atoms with Gasteiger partial charge in [0.25, 0.3) is 10.1 Å². The molecule has 0 saturated heterocycles. The van der Waals surface area contributed by atoms with Gasteiger partial charge in [-0.2, -0.15) is 8.42 Å². The number of rotatable bonds is 2. The Kier molecular flexibility index (Phi) is 5.92. The van der Waals surface area contributed by atoms with Crippen molar-refractivity contribution in [2.24, 2.45) is 0 Å². The molecule has 0 spiro atoms. The van der Waals surface area contributed by atoms with E-state index in [-0.39, 0.29) is 10.7 Å². The fraction of sp³-hybridized carbons (Fsp3) is 0.364. The standard InChI is InChI=1S/C8H10O3S.C3H6O/c1-7-3-5-8(6-4-7)12(9,10)11-2;1-3(2)4/h3-6H,1-2H3;1-2H3. The average molecular weight is 244 g/mol. The van der Waals surface area contributed by atoms with Crippen molar-refractivity contribution in [3.63, 3.8) is 0 Å². The van der Waals surface area contributed by atoms with E-state index in [0.717, 1.165) is 12.7 Å². The van der Waals surface area contributed by atoms with Crippen LogP contribution >= 0.6 is 0 Å². The van der Waals surface area contributed by atoms with Gasteiger partial charge in [-0.15, -0.1) is 0 Å². The monoisotopic (exact) mass is 244 g/mol. The molecule has 1 aromatic carbocycles.